The Labute approximate surface area is 84.4 Å². The summed E-state index contributed by atoms with van der Waals surface area (Å²) < 4.78 is 1.76. The molecule has 78 valence electrons. The second-order valence-corrected chi connectivity index (χ2v) is 3.48. The van der Waals surface area contributed by atoms with E-state index in [1.54, 1.807) is 4.57 Å². The van der Waals surface area contributed by atoms with E-state index in [1.807, 2.05) is 24.5 Å². The van der Waals surface area contributed by atoms with E-state index in [-0.39, 0.29) is 0 Å². The number of carboxylic acids is 1. The molecule has 3 heteroatoms. The standard InChI is InChI=1S/C11H17NO2/c1-2-3-4-7-10(11(13)14)12-8-5-6-9-12/h5-6,8-10H,2-4,7H2,1H3,(H,13,14). The third kappa shape index (κ3) is 2.91. The Hall–Kier alpha value is -1.25. The summed E-state index contributed by atoms with van der Waals surface area (Å²) in [6, 6.07) is 3.32. The first-order valence-corrected chi connectivity index (χ1v) is 5.11. The minimum absolute atomic E-state index is 0.392. The van der Waals surface area contributed by atoms with Crippen LogP contribution in [0.15, 0.2) is 24.5 Å². The molecule has 0 saturated heterocycles. The lowest BCUT2D eigenvalue weighted by Gasteiger charge is -2.13. The molecule has 0 fully saturated rings. The lowest BCUT2D eigenvalue weighted by molar-refractivity contribution is -0.141. The summed E-state index contributed by atoms with van der Waals surface area (Å²) in [6.07, 6.45) is 7.54. The Morgan fingerprint density at radius 3 is 2.50 bits per heavy atom. The predicted molar refractivity (Wildman–Crippen MR) is 55.2 cm³/mol. The van der Waals surface area contributed by atoms with Crippen molar-refractivity contribution in [2.45, 2.75) is 38.6 Å². The maximum absolute atomic E-state index is 11.0. The highest BCUT2D eigenvalue weighted by Gasteiger charge is 2.17. The van der Waals surface area contributed by atoms with Crippen LogP contribution < -0.4 is 0 Å². The van der Waals surface area contributed by atoms with E-state index in [1.165, 1.54) is 0 Å². The molecule has 0 saturated carbocycles. The Morgan fingerprint density at radius 1 is 1.36 bits per heavy atom. The summed E-state index contributed by atoms with van der Waals surface area (Å²) in [5, 5.41) is 9.02. The maximum atomic E-state index is 11.0. The van der Waals surface area contributed by atoms with Crippen LogP contribution in [0, 0.1) is 0 Å². The summed E-state index contributed by atoms with van der Waals surface area (Å²) in [5.41, 5.74) is 0. The van der Waals surface area contributed by atoms with Gasteiger partial charge in [-0.05, 0) is 18.6 Å². The molecule has 1 atom stereocenters. The number of rotatable bonds is 6. The van der Waals surface area contributed by atoms with Crippen LogP contribution in [0.3, 0.4) is 0 Å². The summed E-state index contributed by atoms with van der Waals surface area (Å²) in [5.74, 6) is -0.739. The molecule has 1 unspecified atom stereocenters. The lowest BCUT2D eigenvalue weighted by atomic mass is 10.1. The molecule has 1 aromatic rings. The summed E-state index contributed by atoms with van der Waals surface area (Å²) in [6.45, 7) is 2.12. The van der Waals surface area contributed by atoms with Gasteiger partial charge >= 0.3 is 5.97 Å². The molecule has 0 radical (unpaired) electrons. The number of unbranched alkanes of at least 4 members (excludes halogenated alkanes) is 2. The lowest BCUT2D eigenvalue weighted by Crippen LogP contribution is -2.17. The highest BCUT2D eigenvalue weighted by molar-refractivity contribution is 5.71. The van der Waals surface area contributed by atoms with Crippen molar-refractivity contribution >= 4 is 5.97 Å². The molecule has 14 heavy (non-hydrogen) atoms. The molecule has 0 spiro atoms. The van der Waals surface area contributed by atoms with Gasteiger partial charge in [0.1, 0.15) is 6.04 Å². The first-order chi connectivity index (χ1) is 6.75. The van der Waals surface area contributed by atoms with Gasteiger partial charge in [-0.25, -0.2) is 4.79 Å². The highest BCUT2D eigenvalue weighted by atomic mass is 16.4. The van der Waals surface area contributed by atoms with Gasteiger partial charge in [0.05, 0.1) is 0 Å². The number of aliphatic carboxylic acids is 1. The van der Waals surface area contributed by atoms with E-state index in [0.29, 0.717) is 0 Å². The van der Waals surface area contributed by atoms with Crippen molar-refractivity contribution in [2.75, 3.05) is 0 Å². The first-order valence-electron chi connectivity index (χ1n) is 5.11. The van der Waals surface area contributed by atoms with Gasteiger partial charge in [-0.15, -0.1) is 0 Å². The molecule has 0 aliphatic carbocycles. The van der Waals surface area contributed by atoms with Crippen LogP contribution in [0.25, 0.3) is 0 Å². The zero-order chi connectivity index (χ0) is 10.4. The smallest absolute Gasteiger partial charge is 0.326 e. The molecular weight excluding hydrogens is 178 g/mol. The van der Waals surface area contributed by atoms with E-state index >= 15 is 0 Å². The zero-order valence-electron chi connectivity index (χ0n) is 8.52. The largest absolute Gasteiger partial charge is 0.480 e. The van der Waals surface area contributed by atoms with E-state index in [9.17, 15) is 4.79 Å². The van der Waals surface area contributed by atoms with Gasteiger partial charge in [0.2, 0.25) is 0 Å². The van der Waals surface area contributed by atoms with Gasteiger partial charge in [-0.3, -0.25) is 0 Å². The Bertz CT molecular complexity index is 267. The number of carbonyl (C=O) groups is 1. The highest BCUT2D eigenvalue weighted by Crippen LogP contribution is 2.16. The monoisotopic (exact) mass is 195 g/mol. The van der Waals surface area contributed by atoms with Gasteiger partial charge in [0, 0.05) is 12.4 Å². The van der Waals surface area contributed by atoms with Crippen molar-refractivity contribution in [2.24, 2.45) is 0 Å². The molecule has 0 amide bonds. The zero-order valence-corrected chi connectivity index (χ0v) is 8.52. The van der Waals surface area contributed by atoms with Crippen LogP contribution in [0.4, 0.5) is 0 Å². The van der Waals surface area contributed by atoms with Crippen LogP contribution in [-0.2, 0) is 4.79 Å². The number of hydrogen-bond donors (Lipinski definition) is 1. The number of carboxylic acid groups (broad SMARTS) is 1. The van der Waals surface area contributed by atoms with E-state index in [4.69, 9.17) is 5.11 Å². The van der Waals surface area contributed by atoms with Crippen LogP contribution in [-0.4, -0.2) is 15.6 Å². The van der Waals surface area contributed by atoms with Crippen LogP contribution in [0.1, 0.15) is 38.6 Å². The third-order valence-electron chi connectivity index (χ3n) is 2.35. The van der Waals surface area contributed by atoms with Gasteiger partial charge < -0.3 is 9.67 Å². The van der Waals surface area contributed by atoms with Gasteiger partial charge in [0.25, 0.3) is 0 Å². The minimum atomic E-state index is -0.739. The topological polar surface area (TPSA) is 42.2 Å². The Kier molecular flexibility index (Phi) is 4.23. The maximum Gasteiger partial charge on any atom is 0.326 e. The fourth-order valence-corrected chi connectivity index (χ4v) is 1.54. The average Bonchev–Trinajstić information content (AvgIpc) is 2.64. The summed E-state index contributed by atoms with van der Waals surface area (Å²) in [7, 11) is 0. The molecule has 0 bridgehead atoms. The third-order valence-corrected chi connectivity index (χ3v) is 2.35. The van der Waals surface area contributed by atoms with E-state index in [2.05, 4.69) is 6.92 Å². The quantitative estimate of drug-likeness (QED) is 0.709. The molecule has 1 N–H and O–H groups in total. The molecule has 1 aromatic heterocycles. The number of aromatic nitrogens is 1. The van der Waals surface area contributed by atoms with Crippen molar-refractivity contribution in [1.82, 2.24) is 4.57 Å². The second-order valence-electron chi connectivity index (χ2n) is 3.48. The molecular formula is C11H17NO2. The molecule has 0 aliphatic heterocycles. The molecule has 1 heterocycles. The van der Waals surface area contributed by atoms with Crippen LogP contribution in [0.2, 0.25) is 0 Å². The molecule has 3 nitrogen and oxygen atoms in total. The second kappa shape index (κ2) is 5.47. The normalized spacial score (nSPS) is 12.6. The fraction of sp³-hybridized carbons (Fsp3) is 0.545. The molecule has 0 aliphatic rings. The number of nitrogens with zero attached hydrogens (tertiary/aromatic N) is 1. The van der Waals surface area contributed by atoms with E-state index in [0.717, 1.165) is 25.7 Å². The molecule has 0 aromatic carbocycles. The fourth-order valence-electron chi connectivity index (χ4n) is 1.54. The number of hydrogen-bond acceptors (Lipinski definition) is 1. The van der Waals surface area contributed by atoms with Crippen LogP contribution in [0.5, 0.6) is 0 Å². The van der Waals surface area contributed by atoms with Crippen molar-refractivity contribution in [3.63, 3.8) is 0 Å². The Balaban J connectivity index is 2.52. The van der Waals surface area contributed by atoms with Gasteiger partial charge in [-0.2, -0.15) is 0 Å². The van der Waals surface area contributed by atoms with Crippen molar-refractivity contribution in [1.29, 1.82) is 0 Å². The van der Waals surface area contributed by atoms with E-state index < -0.39 is 12.0 Å². The Morgan fingerprint density at radius 2 is 2.00 bits per heavy atom. The van der Waals surface area contributed by atoms with Gasteiger partial charge in [0.15, 0.2) is 0 Å². The summed E-state index contributed by atoms with van der Waals surface area (Å²) in [4.78, 5) is 11.0. The summed E-state index contributed by atoms with van der Waals surface area (Å²) >= 11 is 0. The SMILES string of the molecule is CCCCCC(C(=O)O)n1cccc1. The van der Waals surface area contributed by atoms with Crippen molar-refractivity contribution in [3.05, 3.63) is 24.5 Å². The van der Waals surface area contributed by atoms with Crippen molar-refractivity contribution < 1.29 is 9.90 Å². The van der Waals surface area contributed by atoms with Gasteiger partial charge in [-0.1, -0.05) is 26.2 Å². The molecule has 1 rings (SSSR count). The average molecular weight is 195 g/mol. The first kappa shape index (κ1) is 10.8. The van der Waals surface area contributed by atoms with Crippen molar-refractivity contribution in [3.8, 4) is 0 Å². The minimum Gasteiger partial charge on any atom is -0.480 e. The van der Waals surface area contributed by atoms with Crippen LogP contribution >= 0.6 is 0 Å². The predicted octanol–water partition coefficient (Wildman–Crippen LogP) is 2.69.